The third-order valence-electron chi connectivity index (χ3n) is 2.32. The molecular weight excluding hydrogens is 182 g/mol. The van der Waals surface area contributed by atoms with Gasteiger partial charge in [-0.2, -0.15) is 4.98 Å². The van der Waals surface area contributed by atoms with Crippen molar-refractivity contribution in [3.63, 3.8) is 0 Å². The summed E-state index contributed by atoms with van der Waals surface area (Å²) in [6.07, 6.45) is 0. The first-order chi connectivity index (χ1) is 6.79. The van der Waals surface area contributed by atoms with Crippen molar-refractivity contribution in [1.82, 2.24) is 20.5 Å². The minimum absolute atomic E-state index is 0.0886. The molecule has 6 heteroatoms. The molecule has 1 aromatic rings. The van der Waals surface area contributed by atoms with Gasteiger partial charge in [0.1, 0.15) is 6.61 Å². The molecule has 2 heterocycles. The van der Waals surface area contributed by atoms with Crippen LogP contribution in [0.5, 0.6) is 0 Å². The first-order valence-corrected chi connectivity index (χ1v) is 4.80. The van der Waals surface area contributed by atoms with Gasteiger partial charge < -0.3 is 15.3 Å². The standard InChI is InChI=1S/C8H15N5O/c1-6-4-13(3-2-9-6)8-10-7(5-14)11-12-8/h6,9,14H,2-5H2,1H3,(H,10,11,12)/t6-/m1/s1. The van der Waals surface area contributed by atoms with E-state index >= 15 is 0 Å². The maximum atomic E-state index is 8.84. The van der Waals surface area contributed by atoms with Crippen molar-refractivity contribution in [2.24, 2.45) is 0 Å². The minimum Gasteiger partial charge on any atom is -0.388 e. The second-order valence-corrected chi connectivity index (χ2v) is 3.54. The van der Waals surface area contributed by atoms with Gasteiger partial charge in [-0.3, -0.25) is 5.10 Å². The maximum absolute atomic E-state index is 8.84. The van der Waals surface area contributed by atoms with Gasteiger partial charge >= 0.3 is 0 Å². The Balaban J connectivity index is 2.06. The highest BCUT2D eigenvalue weighted by atomic mass is 16.3. The normalized spacial score (nSPS) is 22.7. The van der Waals surface area contributed by atoms with Gasteiger partial charge in [0.05, 0.1) is 0 Å². The smallest absolute Gasteiger partial charge is 0.244 e. The Morgan fingerprint density at radius 2 is 2.50 bits per heavy atom. The van der Waals surface area contributed by atoms with Crippen LogP contribution >= 0.6 is 0 Å². The van der Waals surface area contributed by atoms with Crippen LogP contribution in [-0.4, -0.2) is 46.0 Å². The summed E-state index contributed by atoms with van der Waals surface area (Å²) in [5, 5.41) is 18.9. The van der Waals surface area contributed by atoms with Gasteiger partial charge in [-0.05, 0) is 6.92 Å². The summed E-state index contributed by atoms with van der Waals surface area (Å²) < 4.78 is 0. The molecule has 0 radical (unpaired) electrons. The molecule has 1 aliphatic heterocycles. The third-order valence-corrected chi connectivity index (χ3v) is 2.32. The summed E-state index contributed by atoms with van der Waals surface area (Å²) in [5.74, 6) is 1.20. The maximum Gasteiger partial charge on any atom is 0.244 e. The van der Waals surface area contributed by atoms with Gasteiger partial charge in [0.25, 0.3) is 0 Å². The molecule has 0 amide bonds. The summed E-state index contributed by atoms with van der Waals surface area (Å²) in [4.78, 5) is 6.28. The molecule has 6 nitrogen and oxygen atoms in total. The first-order valence-electron chi connectivity index (χ1n) is 4.80. The fourth-order valence-electron chi connectivity index (χ4n) is 1.61. The number of aromatic amines is 1. The van der Waals surface area contributed by atoms with E-state index in [2.05, 4.69) is 32.3 Å². The van der Waals surface area contributed by atoms with Crippen molar-refractivity contribution in [3.05, 3.63) is 5.82 Å². The van der Waals surface area contributed by atoms with Gasteiger partial charge in [0.2, 0.25) is 5.95 Å². The van der Waals surface area contributed by atoms with Crippen LogP contribution in [0.25, 0.3) is 0 Å². The number of piperazine rings is 1. The molecule has 0 saturated carbocycles. The van der Waals surface area contributed by atoms with E-state index in [4.69, 9.17) is 5.11 Å². The molecule has 0 bridgehead atoms. The Morgan fingerprint density at radius 3 is 3.14 bits per heavy atom. The van der Waals surface area contributed by atoms with E-state index < -0.39 is 0 Å². The lowest BCUT2D eigenvalue weighted by Gasteiger charge is -2.30. The van der Waals surface area contributed by atoms with E-state index in [-0.39, 0.29) is 6.61 Å². The van der Waals surface area contributed by atoms with Crippen molar-refractivity contribution in [2.75, 3.05) is 24.5 Å². The molecule has 1 aromatic heterocycles. The molecular formula is C8H15N5O. The van der Waals surface area contributed by atoms with E-state index in [0.717, 1.165) is 19.6 Å². The fourth-order valence-corrected chi connectivity index (χ4v) is 1.61. The van der Waals surface area contributed by atoms with Crippen LogP contribution in [0, 0.1) is 0 Å². The van der Waals surface area contributed by atoms with Crippen molar-refractivity contribution in [2.45, 2.75) is 19.6 Å². The Hall–Kier alpha value is -1.14. The zero-order chi connectivity index (χ0) is 9.97. The predicted octanol–water partition coefficient (Wildman–Crippen LogP) is -0.905. The summed E-state index contributed by atoms with van der Waals surface area (Å²) in [6.45, 7) is 4.81. The van der Waals surface area contributed by atoms with E-state index in [1.807, 2.05) is 0 Å². The lowest BCUT2D eigenvalue weighted by atomic mass is 10.2. The number of aromatic nitrogens is 3. The predicted molar refractivity (Wildman–Crippen MR) is 52.0 cm³/mol. The van der Waals surface area contributed by atoms with Gasteiger partial charge in [-0.15, -0.1) is 5.10 Å². The molecule has 2 rings (SSSR count). The Bertz CT molecular complexity index is 300. The zero-order valence-electron chi connectivity index (χ0n) is 8.19. The lowest BCUT2D eigenvalue weighted by Crippen LogP contribution is -2.49. The largest absolute Gasteiger partial charge is 0.388 e. The monoisotopic (exact) mass is 197 g/mol. The number of aliphatic hydroxyl groups excluding tert-OH is 1. The molecule has 1 aliphatic rings. The molecule has 78 valence electrons. The molecule has 0 aliphatic carbocycles. The molecule has 1 fully saturated rings. The number of hydrogen-bond donors (Lipinski definition) is 3. The number of aliphatic hydroxyl groups is 1. The third kappa shape index (κ3) is 1.85. The Morgan fingerprint density at radius 1 is 1.64 bits per heavy atom. The highest BCUT2D eigenvalue weighted by molar-refractivity contribution is 5.29. The molecule has 1 saturated heterocycles. The van der Waals surface area contributed by atoms with E-state index in [9.17, 15) is 0 Å². The molecule has 1 atom stereocenters. The fraction of sp³-hybridized carbons (Fsp3) is 0.750. The van der Waals surface area contributed by atoms with Crippen molar-refractivity contribution >= 4 is 5.95 Å². The summed E-state index contributed by atoms with van der Waals surface area (Å²) >= 11 is 0. The molecule has 0 aromatic carbocycles. The second kappa shape index (κ2) is 3.93. The van der Waals surface area contributed by atoms with E-state index in [1.165, 1.54) is 0 Å². The number of rotatable bonds is 2. The topological polar surface area (TPSA) is 77.1 Å². The quantitative estimate of drug-likeness (QED) is 0.572. The van der Waals surface area contributed by atoms with E-state index in [0.29, 0.717) is 17.8 Å². The number of nitrogens with one attached hydrogen (secondary N) is 2. The number of anilines is 1. The van der Waals surface area contributed by atoms with Crippen LogP contribution in [0.1, 0.15) is 12.7 Å². The summed E-state index contributed by atoms with van der Waals surface area (Å²) in [7, 11) is 0. The summed E-state index contributed by atoms with van der Waals surface area (Å²) in [6, 6.07) is 0.458. The highest BCUT2D eigenvalue weighted by Gasteiger charge is 2.18. The van der Waals surface area contributed by atoms with Crippen LogP contribution in [0.15, 0.2) is 0 Å². The Kier molecular flexibility index (Phi) is 2.64. The number of hydrogen-bond acceptors (Lipinski definition) is 5. The first kappa shape index (κ1) is 9.42. The van der Waals surface area contributed by atoms with Crippen molar-refractivity contribution < 1.29 is 5.11 Å². The average Bonchev–Trinajstić information content (AvgIpc) is 2.66. The summed E-state index contributed by atoms with van der Waals surface area (Å²) in [5.41, 5.74) is 0. The van der Waals surface area contributed by atoms with Gasteiger partial charge in [-0.1, -0.05) is 0 Å². The SMILES string of the molecule is C[C@@H]1CN(c2n[nH]c(CO)n2)CCN1. The van der Waals surface area contributed by atoms with Crippen LogP contribution in [0.3, 0.4) is 0 Å². The molecule has 14 heavy (non-hydrogen) atoms. The molecule has 3 N–H and O–H groups in total. The second-order valence-electron chi connectivity index (χ2n) is 3.54. The number of H-pyrrole nitrogens is 1. The Labute approximate surface area is 82.3 Å². The van der Waals surface area contributed by atoms with Crippen molar-refractivity contribution in [3.8, 4) is 0 Å². The van der Waals surface area contributed by atoms with Gasteiger partial charge in [0, 0.05) is 25.7 Å². The molecule has 0 unspecified atom stereocenters. The van der Waals surface area contributed by atoms with Crippen LogP contribution < -0.4 is 10.2 Å². The lowest BCUT2D eigenvalue weighted by molar-refractivity contribution is 0.272. The average molecular weight is 197 g/mol. The zero-order valence-corrected chi connectivity index (χ0v) is 8.19. The minimum atomic E-state index is -0.0886. The van der Waals surface area contributed by atoms with Crippen LogP contribution in [0.2, 0.25) is 0 Å². The van der Waals surface area contributed by atoms with Crippen molar-refractivity contribution in [1.29, 1.82) is 0 Å². The molecule has 0 spiro atoms. The van der Waals surface area contributed by atoms with Crippen LogP contribution in [-0.2, 0) is 6.61 Å². The van der Waals surface area contributed by atoms with Gasteiger partial charge in [-0.25, -0.2) is 0 Å². The number of nitrogens with zero attached hydrogens (tertiary/aromatic N) is 3. The highest BCUT2D eigenvalue weighted by Crippen LogP contribution is 2.09. The van der Waals surface area contributed by atoms with Gasteiger partial charge in [0.15, 0.2) is 5.82 Å². The van der Waals surface area contributed by atoms with E-state index in [1.54, 1.807) is 0 Å². The van der Waals surface area contributed by atoms with Crippen LogP contribution in [0.4, 0.5) is 5.95 Å².